The van der Waals surface area contributed by atoms with Crippen molar-refractivity contribution in [1.82, 2.24) is 9.62 Å². The lowest BCUT2D eigenvalue weighted by molar-refractivity contribution is -0.00336. The van der Waals surface area contributed by atoms with Gasteiger partial charge in [0.25, 0.3) is 5.91 Å². The molecule has 1 amide bonds. The fourth-order valence-corrected chi connectivity index (χ4v) is 10.8. The first-order valence-electron chi connectivity index (χ1n) is 18.1. The van der Waals surface area contributed by atoms with Crippen molar-refractivity contribution in [1.29, 1.82) is 0 Å². The molecule has 2 N–H and O–H groups in total. The lowest BCUT2D eigenvalue weighted by atomic mass is 9.64. The van der Waals surface area contributed by atoms with Crippen LogP contribution >= 0.6 is 11.6 Å². The standard InChI is InChI=1S/C39H46ClN3O6S/c1-37-23-30(37)6-3-14-39(45,15-4-16-42-17-19-48-20-18-42)33-10-7-29(33)24-43-25-38(13-2-5-27-21-31(40)9-11-32(27)38)26-49-35-12-8-28(22-34(35)43)36(44)41-50(37,46)47/h3,8-9,11-12,14,21-22,29-30,33,45H,2,5-7,10,13,16-20,23-26H2,1H3,(H,41,44)/b14-3+/t29-,30+,33+,37+,38-,39+/m0/s1. The van der Waals surface area contributed by atoms with Crippen molar-refractivity contribution in [3.63, 3.8) is 0 Å². The molecule has 50 heavy (non-hydrogen) atoms. The average Bonchev–Trinajstić information content (AvgIpc) is 3.79. The number of halogens is 1. The van der Waals surface area contributed by atoms with Crippen LogP contribution in [0.2, 0.25) is 5.02 Å². The molecule has 2 bridgehead atoms. The van der Waals surface area contributed by atoms with Gasteiger partial charge < -0.3 is 19.5 Å². The summed E-state index contributed by atoms with van der Waals surface area (Å²) in [5.41, 5.74) is 1.84. The number of nitrogens with zero attached hydrogens (tertiary/aromatic N) is 2. The van der Waals surface area contributed by atoms with E-state index in [0.29, 0.717) is 58.0 Å². The Morgan fingerprint density at radius 1 is 1.14 bits per heavy atom. The first kappa shape index (κ1) is 34.0. The van der Waals surface area contributed by atoms with E-state index in [1.807, 2.05) is 18.2 Å². The molecular weight excluding hydrogens is 674 g/mol. The molecule has 11 heteroatoms. The average molecular weight is 720 g/mol. The summed E-state index contributed by atoms with van der Waals surface area (Å²) >= 11 is 6.45. The van der Waals surface area contributed by atoms with Gasteiger partial charge in [0.1, 0.15) is 11.4 Å². The Labute approximate surface area is 300 Å². The van der Waals surface area contributed by atoms with Crippen LogP contribution in [0, 0.1) is 29.6 Å². The van der Waals surface area contributed by atoms with Crippen LogP contribution in [0.4, 0.5) is 5.69 Å². The van der Waals surface area contributed by atoms with Crippen LogP contribution < -0.4 is 14.4 Å². The smallest absolute Gasteiger partial charge is 0.264 e. The number of anilines is 1. The number of nitrogens with one attached hydrogen (secondary N) is 1. The van der Waals surface area contributed by atoms with Crippen molar-refractivity contribution in [3.8, 4) is 17.6 Å². The Balaban J connectivity index is 1.19. The van der Waals surface area contributed by atoms with Gasteiger partial charge >= 0.3 is 0 Å². The number of carbonyl (C=O) groups excluding carboxylic acids is 1. The van der Waals surface area contributed by atoms with Crippen molar-refractivity contribution < 1.29 is 27.8 Å². The van der Waals surface area contributed by atoms with Crippen molar-refractivity contribution >= 4 is 33.2 Å². The van der Waals surface area contributed by atoms with E-state index in [1.54, 1.807) is 25.1 Å². The fourth-order valence-electron chi connectivity index (χ4n) is 9.02. The summed E-state index contributed by atoms with van der Waals surface area (Å²) in [7, 11) is -3.97. The van der Waals surface area contributed by atoms with Gasteiger partial charge in [-0.3, -0.25) is 9.69 Å². The number of hydrogen-bond donors (Lipinski definition) is 2. The maximum absolute atomic E-state index is 13.6. The largest absolute Gasteiger partial charge is 0.490 e. The summed E-state index contributed by atoms with van der Waals surface area (Å²) in [4.78, 5) is 18.2. The number of carbonyl (C=O) groups is 1. The second-order valence-corrected chi connectivity index (χ2v) is 18.1. The number of ether oxygens (including phenoxy) is 2. The van der Waals surface area contributed by atoms with Gasteiger partial charge in [-0.1, -0.05) is 35.6 Å². The zero-order valence-corrected chi connectivity index (χ0v) is 30.2. The van der Waals surface area contributed by atoms with Gasteiger partial charge in [0.05, 0.1) is 36.8 Å². The SMILES string of the molecule is C[C@@]12C[C@H]1C/C=C/[C@@](O)(C#CCN1CCOCC1)[C@@H]1CC[C@H]1CN1C[C@@]3(CCCc4cc(Cl)ccc43)COc3ccc(cc31)C(=O)NS2(=O)=O. The molecule has 2 saturated carbocycles. The molecule has 0 radical (unpaired) electrons. The number of rotatable bonds is 1. The number of aliphatic hydroxyl groups is 1. The van der Waals surface area contributed by atoms with Crippen LogP contribution in [0.3, 0.4) is 0 Å². The molecule has 0 unspecified atom stereocenters. The molecule has 2 aromatic carbocycles. The van der Waals surface area contributed by atoms with Crippen LogP contribution in [0.15, 0.2) is 48.6 Å². The maximum Gasteiger partial charge on any atom is 0.264 e. The Morgan fingerprint density at radius 2 is 1.98 bits per heavy atom. The number of amides is 1. The van der Waals surface area contributed by atoms with E-state index < -0.39 is 26.3 Å². The molecule has 2 aromatic rings. The number of sulfonamides is 1. The summed E-state index contributed by atoms with van der Waals surface area (Å²) < 4.78 is 40.6. The van der Waals surface area contributed by atoms with E-state index in [1.165, 1.54) is 11.1 Å². The molecule has 1 saturated heterocycles. The summed E-state index contributed by atoms with van der Waals surface area (Å²) in [6.45, 7) is 7.01. The molecule has 3 aliphatic heterocycles. The van der Waals surface area contributed by atoms with Gasteiger partial charge in [-0.25, -0.2) is 13.1 Å². The van der Waals surface area contributed by atoms with Crippen molar-refractivity contribution in [2.24, 2.45) is 17.8 Å². The number of fused-ring (bicyclic) bond motifs is 5. The Hall–Kier alpha value is -3.07. The number of aryl methyl sites for hydroxylation is 1. The van der Waals surface area contributed by atoms with Crippen LogP contribution in [0.25, 0.3) is 0 Å². The minimum Gasteiger partial charge on any atom is -0.490 e. The molecule has 3 heterocycles. The molecule has 3 aliphatic carbocycles. The van der Waals surface area contributed by atoms with Crippen molar-refractivity contribution in [2.45, 2.75) is 67.6 Å². The highest BCUT2D eigenvalue weighted by atomic mass is 35.5. The molecule has 8 rings (SSSR count). The van der Waals surface area contributed by atoms with E-state index in [2.05, 4.69) is 38.5 Å². The third-order valence-electron chi connectivity index (χ3n) is 12.4. The van der Waals surface area contributed by atoms with E-state index in [9.17, 15) is 18.3 Å². The third-order valence-corrected chi connectivity index (χ3v) is 14.8. The van der Waals surface area contributed by atoms with Crippen molar-refractivity contribution in [2.75, 3.05) is 57.4 Å². The molecule has 266 valence electrons. The minimum atomic E-state index is -3.97. The predicted molar refractivity (Wildman–Crippen MR) is 193 cm³/mol. The predicted octanol–water partition coefficient (Wildman–Crippen LogP) is 4.70. The van der Waals surface area contributed by atoms with E-state index in [0.717, 1.165) is 55.9 Å². The van der Waals surface area contributed by atoms with Crippen molar-refractivity contribution in [3.05, 3.63) is 70.3 Å². The summed E-state index contributed by atoms with van der Waals surface area (Å²) in [5, 5.41) is 13.1. The number of benzene rings is 2. The van der Waals surface area contributed by atoms with Gasteiger partial charge in [-0.05, 0) is 111 Å². The topological polar surface area (TPSA) is 108 Å². The Bertz CT molecular complexity index is 1890. The summed E-state index contributed by atoms with van der Waals surface area (Å²) in [6.07, 6.45) is 9.32. The second kappa shape index (κ2) is 12.9. The molecule has 6 atom stereocenters. The fraction of sp³-hybridized carbons (Fsp3) is 0.564. The van der Waals surface area contributed by atoms with Gasteiger partial charge in [0.15, 0.2) is 0 Å². The van der Waals surface area contributed by atoms with Gasteiger partial charge in [0, 0.05) is 48.1 Å². The molecular formula is C39H46ClN3O6S. The monoisotopic (exact) mass is 719 g/mol. The Morgan fingerprint density at radius 3 is 2.78 bits per heavy atom. The molecule has 3 fully saturated rings. The summed E-state index contributed by atoms with van der Waals surface area (Å²) in [5.74, 6) is 6.49. The zero-order chi connectivity index (χ0) is 34.7. The third kappa shape index (κ3) is 6.13. The first-order valence-corrected chi connectivity index (χ1v) is 19.9. The van der Waals surface area contributed by atoms with E-state index in [4.69, 9.17) is 21.1 Å². The van der Waals surface area contributed by atoms with Gasteiger partial charge in [-0.15, -0.1) is 0 Å². The first-order chi connectivity index (χ1) is 24.0. The Kier molecular flexibility index (Phi) is 8.75. The van der Waals surface area contributed by atoms with Gasteiger partial charge in [-0.2, -0.15) is 0 Å². The quantitative estimate of drug-likeness (QED) is 0.323. The minimum absolute atomic E-state index is 0.106. The molecule has 9 nitrogen and oxygen atoms in total. The molecule has 1 spiro atoms. The maximum atomic E-state index is 13.6. The molecule has 6 aliphatic rings. The number of allylic oxidation sites excluding steroid dienone is 1. The second-order valence-electron chi connectivity index (χ2n) is 15.5. The van der Waals surface area contributed by atoms with E-state index >= 15 is 0 Å². The van der Waals surface area contributed by atoms with Crippen LogP contribution in [-0.2, 0) is 26.6 Å². The highest BCUT2D eigenvalue weighted by molar-refractivity contribution is 7.91. The normalized spacial score (nSPS) is 35.4. The van der Waals surface area contributed by atoms with Gasteiger partial charge in [0.2, 0.25) is 10.0 Å². The number of hydrogen-bond acceptors (Lipinski definition) is 8. The van der Waals surface area contributed by atoms with E-state index in [-0.39, 0.29) is 28.7 Å². The van der Waals surface area contributed by atoms with Crippen LogP contribution in [0.1, 0.15) is 66.9 Å². The molecule has 0 aromatic heterocycles. The van der Waals surface area contributed by atoms with Crippen LogP contribution in [0.5, 0.6) is 5.75 Å². The lowest BCUT2D eigenvalue weighted by Crippen LogP contribution is -2.52. The lowest BCUT2D eigenvalue weighted by Gasteiger charge is -2.47. The zero-order valence-electron chi connectivity index (χ0n) is 28.6. The highest BCUT2D eigenvalue weighted by Gasteiger charge is 2.60. The van der Waals surface area contributed by atoms with Crippen LogP contribution in [-0.4, -0.2) is 87.2 Å². The number of morpholine rings is 1. The summed E-state index contributed by atoms with van der Waals surface area (Å²) in [6, 6.07) is 11.4. The highest BCUT2D eigenvalue weighted by Crippen LogP contribution is 2.53.